The molecule has 1 aliphatic rings. The maximum absolute atomic E-state index is 12.5. The highest BCUT2D eigenvalue weighted by atomic mass is 35.5. The quantitative estimate of drug-likeness (QED) is 0.760. The van der Waals surface area contributed by atoms with E-state index in [4.69, 9.17) is 21.1 Å². The summed E-state index contributed by atoms with van der Waals surface area (Å²) in [6.45, 7) is 9.02. The number of halogens is 1. The van der Waals surface area contributed by atoms with E-state index in [1.54, 1.807) is 39.0 Å². The van der Waals surface area contributed by atoms with Gasteiger partial charge in [-0.25, -0.2) is 9.59 Å². The number of hydrogen-bond donors (Lipinski definition) is 1. The molecule has 0 unspecified atom stereocenters. The molecule has 0 saturated carbocycles. The lowest BCUT2D eigenvalue weighted by Crippen LogP contribution is -2.45. The Bertz CT molecular complexity index is 759. The number of rotatable bonds is 4. The van der Waals surface area contributed by atoms with E-state index in [1.165, 1.54) is 11.8 Å². The maximum atomic E-state index is 12.5. The summed E-state index contributed by atoms with van der Waals surface area (Å²) in [4.78, 5) is 38.6. The first-order chi connectivity index (χ1) is 13.0. The number of likely N-dealkylation sites (tertiary alicyclic amines) is 1. The molecule has 0 bridgehead atoms. The Morgan fingerprint density at radius 3 is 2.61 bits per heavy atom. The lowest BCUT2D eigenvalue weighted by Gasteiger charge is -2.28. The summed E-state index contributed by atoms with van der Waals surface area (Å²) < 4.78 is 10.7. The van der Waals surface area contributed by atoms with Crippen molar-refractivity contribution in [3.63, 3.8) is 0 Å². The number of amides is 2. The largest absolute Gasteiger partial charge is 0.451 e. The van der Waals surface area contributed by atoms with Gasteiger partial charge in [0, 0.05) is 17.3 Å². The number of benzene rings is 1. The molecule has 28 heavy (non-hydrogen) atoms. The summed E-state index contributed by atoms with van der Waals surface area (Å²) >= 11 is 5.96. The van der Waals surface area contributed by atoms with Crippen LogP contribution in [0, 0.1) is 6.92 Å². The molecule has 1 aromatic rings. The fraction of sp³-hybridized carbons (Fsp3) is 0.550. The third kappa shape index (κ3) is 5.86. The van der Waals surface area contributed by atoms with Crippen molar-refractivity contribution in [1.29, 1.82) is 0 Å². The monoisotopic (exact) mass is 410 g/mol. The molecule has 1 aromatic carbocycles. The first-order valence-electron chi connectivity index (χ1n) is 9.25. The predicted octanol–water partition coefficient (Wildman–Crippen LogP) is 3.92. The van der Waals surface area contributed by atoms with Crippen LogP contribution in [0.4, 0.5) is 10.5 Å². The van der Waals surface area contributed by atoms with Gasteiger partial charge in [-0.2, -0.15) is 0 Å². The first-order valence-corrected chi connectivity index (χ1v) is 9.63. The number of anilines is 1. The second-order valence-electron chi connectivity index (χ2n) is 7.86. The van der Waals surface area contributed by atoms with Gasteiger partial charge < -0.3 is 14.8 Å². The number of nitrogens with one attached hydrogen (secondary N) is 1. The van der Waals surface area contributed by atoms with E-state index in [9.17, 15) is 14.4 Å². The average molecular weight is 411 g/mol. The van der Waals surface area contributed by atoms with Crippen LogP contribution in [0.2, 0.25) is 5.02 Å². The molecule has 1 saturated heterocycles. The number of esters is 1. The van der Waals surface area contributed by atoms with Crippen LogP contribution in [0.5, 0.6) is 0 Å². The molecule has 1 N–H and O–H groups in total. The van der Waals surface area contributed by atoms with E-state index in [0.29, 0.717) is 30.1 Å². The molecule has 1 fully saturated rings. The van der Waals surface area contributed by atoms with Gasteiger partial charge in [0.2, 0.25) is 0 Å². The molecule has 2 rings (SSSR count). The molecule has 1 aliphatic heterocycles. The lowest BCUT2D eigenvalue weighted by atomic mass is 10.2. The second-order valence-corrected chi connectivity index (χ2v) is 8.30. The van der Waals surface area contributed by atoms with E-state index in [2.05, 4.69) is 5.32 Å². The van der Waals surface area contributed by atoms with Gasteiger partial charge in [-0.3, -0.25) is 9.69 Å². The normalized spacial score (nSPS) is 17.8. The van der Waals surface area contributed by atoms with Gasteiger partial charge in [-0.1, -0.05) is 17.7 Å². The number of carbonyl (C=O) groups is 3. The summed E-state index contributed by atoms with van der Waals surface area (Å²) in [6.07, 6.45) is -0.438. The molecule has 0 aromatic heterocycles. The molecule has 2 amide bonds. The van der Waals surface area contributed by atoms with Crippen LogP contribution in [0.1, 0.15) is 46.1 Å². The number of ether oxygens (including phenoxy) is 2. The van der Waals surface area contributed by atoms with Crippen LogP contribution in [-0.2, 0) is 19.1 Å². The number of aryl methyl sites for hydroxylation is 1. The highest BCUT2D eigenvalue weighted by Crippen LogP contribution is 2.23. The first kappa shape index (κ1) is 22.0. The third-order valence-electron chi connectivity index (χ3n) is 4.27. The van der Waals surface area contributed by atoms with Crippen molar-refractivity contribution in [2.45, 2.75) is 65.2 Å². The average Bonchev–Trinajstić information content (AvgIpc) is 3.06. The van der Waals surface area contributed by atoms with Gasteiger partial charge in [0.05, 0.1) is 0 Å². The minimum atomic E-state index is -1.02. The number of hydrogen-bond acceptors (Lipinski definition) is 5. The van der Waals surface area contributed by atoms with Gasteiger partial charge in [-0.05, 0) is 65.2 Å². The number of carbonyl (C=O) groups excluding carboxylic acids is 3. The van der Waals surface area contributed by atoms with Gasteiger partial charge in [0.1, 0.15) is 11.6 Å². The highest BCUT2D eigenvalue weighted by molar-refractivity contribution is 6.31. The summed E-state index contributed by atoms with van der Waals surface area (Å²) in [5.74, 6) is -1.09. The van der Waals surface area contributed by atoms with Crippen LogP contribution in [0.25, 0.3) is 0 Å². The van der Waals surface area contributed by atoms with E-state index >= 15 is 0 Å². The van der Waals surface area contributed by atoms with Gasteiger partial charge >= 0.3 is 12.1 Å². The lowest BCUT2D eigenvalue weighted by molar-refractivity contribution is -0.157. The van der Waals surface area contributed by atoms with Crippen LogP contribution >= 0.6 is 11.6 Å². The van der Waals surface area contributed by atoms with Gasteiger partial charge in [0.15, 0.2) is 6.10 Å². The van der Waals surface area contributed by atoms with Crippen LogP contribution in [-0.4, -0.2) is 47.2 Å². The molecule has 0 spiro atoms. The van der Waals surface area contributed by atoms with E-state index in [0.717, 1.165) is 5.56 Å². The predicted molar refractivity (Wildman–Crippen MR) is 106 cm³/mol. The summed E-state index contributed by atoms with van der Waals surface area (Å²) in [6, 6.07) is 4.38. The Hall–Kier alpha value is -2.28. The number of nitrogens with zero attached hydrogens (tertiary/aromatic N) is 1. The fourth-order valence-electron chi connectivity index (χ4n) is 2.82. The Balaban J connectivity index is 1.97. The Morgan fingerprint density at radius 1 is 1.29 bits per heavy atom. The zero-order valence-electron chi connectivity index (χ0n) is 16.9. The summed E-state index contributed by atoms with van der Waals surface area (Å²) in [5.41, 5.74) is 0.732. The maximum Gasteiger partial charge on any atom is 0.411 e. The Morgan fingerprint density at radius 2 is 1.96 bits per heavy atom. The van der Waals surface area contributed by atoms with Crippen molar-refractivity contribution in [3.8, 4) is 0 Å². The minimum absolute atomic E-state index is 0.414. The van der Waals surface area contributed by atoms with Crippen molar-refractivity contribution in [1.82, 2.24) is 4.90 Å². The SMILES string of the molecule is Cc1ccc(Cl)cc1NC(=O)[C@@H](C)OC(=O)[C@@H]1CCCN1C(=O)OC(C)(C)C. The second kappa shape index (κ2) is 8.82. The van der Waals surface area contributed by atoms with Crippen molar-refractivity contribution in [2.24, 2.45) is 0 Å². The summed E-state index contributed by atoms with van der Waals surface area (Å²) in [5, 5.41) is 3.20. The molecule has 0 aliphatic carbocycles. The van der Waals surface area contributed by atoms with Crippen LogP contribution in [0.3, 0.4) is 0 Å². The Labute approximate surface area is 170 Å². The zero-order valence-corrected chi connectivity index (χ0v) is 17.6. The Kier molecular flexibility index (Phi) is 6.93. The van der Waals surface area contributed by atoms with E-state index in [-0.39, 0.29) is 0 Å². The molecule has 1 heterocycles. The molecule has 8 heteroatoms. The highest BCUT2D eigenvalue weighted by Gasteiger charge is 2.38. The molecule has 154 valence electrons. The summed E-state index contributed by atoms with van der Waals surface area (Å²) in [7, 11) is 0. The van der Waals surface area contributed by atoms with Crippen LogP contribution < -0.4 is 5.32 Å². The van der Waals surface area contributed by atoms with Crippen molar-refractivity contribution in [2.75, 3.05) is 11.9 Å². The van der Waals surface area contributed by atoms with Gasteiger partial charge in [-0.15, -0.1) is 0 Å². The molecule has 2 atom stereocenters. The molecular weight excluding hydrogens is 384 g/mol. The fourth-order valence-corrected chi connectivity index (χ4v) is 2.99. The van der Waals surface area contributed by atoms with Crippen LogP contribution in [0.15, 0.2) is 18.2 Å². The minimum Gasteiger partial charge on any atom is -0.451 e. The topological polar surface area (TPSA) is 84.9 Å². The molecular formula is C20H27ClN2O5. The smallest absolute Gasteiger partial charge is 0.411 e. The van der Waals surface area contributed by atoms with Crippen molar-refractivity contribution in [3.05, 3.63) is 28.8 Å². The van der Waals surface area contributed by atoms with E-state index in [1.807, 2.05) is 6.92 Å². The zero-order chi connectivity index (χ0) is 21.1. The molecule has 0 radical (unpaired) electrons. The van der Waals surface area contributed by atoms with Crippen molar-refractivity contribution < 1.29 is 23.9 Å². The standard InChI is InChI=1S/C20H27ClN2O5/c1-12-8-9-14(21)11-15(12)22-17(24)13(2)27-18(25)16-7-6-10-23(16)19(26)28-20(3,4)5/h8-9,11,13,16H,6-7,10H2,1-5H3,(H,22,24)/t13-,16+/m1/s1. The molecule has 7 nitrogen and oxygen atoms in total. The van der Waals surface area contributed by atoms with E-state index < -0.39 is 35.7 Å². The van der Waals surface area contributed by atoms with Gasteiger partial charge in [0.25, 0.3) is 5.91 Å². The van der Waals surface area contributed by atoms with Crippen molar-refractivity contribution >= 4 is 35.3 Å². The third-order valence-corrected chi connectivity index (χ3v) is 4.51.